The number of benzene rings is 1. The van der Waals surface area contributed by atoms with E-state index >= 15 is 0 Å². The van der Waals surface area contributed by atoms with Crippen molar-refractivity contribution in [3.8, 4) is 0 Å². The van der Waals surface area contributed by atoms with E-state index in [1.54, 1.807) is 5.56 Å². The monoisotopic (exact) mass is 237 g/mol. The highest BCUT2D eigenvalue weighted by Crippen LogP contribution is 2.56. The molecular weight excluding hydrogens is 226 g/mol. The molecule has 1 aliphatic carbocycles. The van der Waals surface area contributed by atoms with Crippen LogP contribution in [-0.4, -0.2) is 13.6 Å². The van der Waals surface area contributed by atoms with Crippen LogP contribution in [0.2, 0.25) is 0 Å². The third kappa shape index (κ3) is 0.983. The number of nitrogens with zero attached hydrogens (tertiary/aromatic N) is 1. The van der Waals surface area contributed by atoms with Crippen molar-refractivity contribution in [2.75, 3.05) is 18.5 Å². The molecule has 1 heterocycles. The number of hydrogen-bond donors (Lipinski definition) is 0. The van der Waals surface area contributed by atoms with E-state index in [4.69, 9.17) is 0 Å². The van der Waals surface area contributed by atoms with Gasteiger partial charge in [0.25, 0.3) is 0 Å². The maximum atomic E-state index is 3.52. The first kappa shape index (κ1) is 7.86. The van der Waals surface area contributed by atoms with Gasteiger partial charge in [-0.1, -0.05) is 22.0 Å². The molecule has 68 valence electrons. The third-order valence-electron chi connectivity index (χ3n) is 3.34. The van der Waals surface area contributed by atoms with Crippen LogP contribution in [0.4, 0.5) is 5.69 Å². The fourth-order valence-corrected chi connectivity index (χ4v) is 2.82. The van der Waals surface area contributed by atoms with Gasteiger partial charge in [0.05, 0.1) is 0 Å². The molecule has 0 atom stereocenters. The van der Waals surface area contributed by atoms with E-state index in [-0.39, 0.29) is 0 Å². The van der Waals surface area contributed by atoms with Gasteiger partial charge in [0.15, 0.2) is 0 Å². The molecular formula is C11H12BrN. The summed E-state index contributed by atoms with van der Waals surface area (Å²) in [5.41, 5.74) is 3.54. The Morgan fingerprint density at radius 2 is 2.15 bits per heavy atom. The van der Waals surface area contributed by atoms with Crippen LogP contribution in [0.25, 0.3) is 0 Å². The second-order valence-corrected chi connectivity index (χ2v) is 5.21. The average Bonchev–Trinajstić information content (AvgIpc) is 2.79. The minimum Gasteiger partial charge on any atom is -0.373 e. The largest absolute Gasteiger partial charge is 0.373 e. The highest BCUT2D eigenvalue weighted by atomic mass is 79.9. The lowest BCUT2D eigenvalue weighted by Gasteiger charge is -2.11. The lowest BCUT2D eigenvalue weighted by atomic mass is 9.99. The van der Waals surface area contributed by atoms with Crippen molar-refractivity contribution in [3.63, 3.8) is 0 Å². The molecule has 3 rings (SSSR count). The Bertz CT molecular complexity index is 368. The van der Waals surface area contributed by atoms with Gasteiger partial charge >= 0.3 is 0 Å². The van der Waals surface area contributed by atoms with Gasteiger partial charge in [0.2, 0.25) is 0 Å². The zero-order chi connectivity index (χ0) is 9.05. The van der Waals surface area contributed by atoms with Gasteiger partial charge in [0, 0.05) is 29.2 Å². The molecule has 1 aliphatic heterocycles. The van der Waals surface area contributed by atoms with Gasteiger partial charge in [-0.2, -0.15) is 0 Å². The van der Waals surface area contributed by atoms with Gasteiger partial charge in [0.1, 0.15) is 0 Å². The first-order chi connectivity index (χ1) is 6.21. The number of halogens is 1. The summed E-state index contributed by atoms with van der Waals surface area (Å²) in [7, 11) is 2.19. The molecule has 0 radical (unpaired) electrons. The average molecular weight is 238 g/mol. The van der Waals surface area contributed by atoms with Crippen molar-refractivity contribution < 1.29 is 0 Å². The zero-order valence-electron chi connectivity index (χ0n) is 7.68. The van der Waals surface area contributed by atoms with E-state index in [0.29, 0.717) is 5.41 Å². The topological polar surface area (TPSA) is 3.24 Å². The molecule has 0 bridgehead atoms. The molecule has 2 aliphatic rings. The van der Waals surface area contributed by atoms with Crippen molar-refractivity contribution in [1.29, 1.82) is 0 Å². The molecule has 13 heavy (non-hydrogen) atoms. The molecule has 0 amide bonds. The number of hydrogen-bond acceptors (Lipinski definition) is 1. The summed E-state index contributed by atoms with van der Waals surface area (Å²) < 4.78 is 1.19. The SMILES string of the molecule is CN1CC2(CC2)c2ccc(Br)cc21. The lowest BCUT2D eigenvalue weighted by Crippen LogP contribution is -2.18. The van der Waals surface area contributed by atoms with Crippen LogP contribution in [0, 0.1) is 0 Å². The number of anilines is 1. The van der Waals surface area contributed by atoms with Gasteiger partial charge in [-0.15, -0.1) is 0 Å². The first-order valence-corrected chi connectivity index (χ1v) is 5.52. The van der Waals surface area contributed by atoms with Gasteiger partial charge < -0.3 is 4.90 Å². The van der Waals surface area contributed by atoms with Crippen LogP contribution >= 0.6 is 15.9 Å². The van der Waals surface area contributed by atoms with Crippen LogP contribution < -0.4 is 4.90 Å². The van der Waals surface area contributed by atoms with E-state index in [2.05, 4.69) is 46.1 Å². The molecule has 0 saturated heterocycles. The number of rotatable bonds is 0. The van der Waals surface area contributed by atoms with Crippen molar-refractivity contribution in [2.45, 2.75) is 18.3 Å². The van der Waals surface area contributed by atoms with Crippen LogP contribution in [-0.2, 0) is 5.41 Å². The second-order valence-electron chi connectivity index (χ2n) is 4.30. The summed E-state index contributed by atoms with van der Waals surface area (Å²) >= 11 is 3.52. The summed E-state index contributed by atoms with van der Waals surface area (Å²) in [5, 5.41) is 0. The third-order valence-corrected chi connectivity index (χ3v) is 3.83. The quantitative estimate of drug-likeness (QED) is 0.671. The molecule has 1 aromatic carbocycles. The Kier molecular flexibility index (Phi) is 1.39. The predicted octanol–water partition coefficient (Wildman–Crippen LogP) is 2.93. The normalized spacial score (nSPS) is 22.2. The molecule has 0 aromatic heterocycles. The molecule has 1 nitrogen and oxygen atoms in total. The molecule has 1 spiro atoms. The Labute approximate surface area is 86.9 Å². The summed E-state index contributed by atoms with van der Waals surface area (Å²) in [4.78, 5) is 2.38. The lowest BCUT2D eigenvalue weighted by molar-refractivity contribution is 0.731. The van der Waals surface area contributed by atoms with E-state index in [1.165, 1.54) is 29.5 Å². The molecule has 2 heteroatoms. The molecule has 0 unspecified atom stereocenters. The summed E-state index contributed by atoms with van der Waals surface area (Å²) in [6.45, 7) is 1.22. The molecule has 0 N–H and O–H groups in total. The Balaban J connectivity index is 2.19. The van der Waals surface area contributed by atoms with Crippen molar-refractivity contribution >= 4 is 21.6 Å². The van der Waals surface area contributed by atoms with E-state index in [9.17, 15) is 0 Å². The van der Waals surface area contributed by atoms with E-state index in [1.807, 2.05) is 0 Å². The van der Waals surface area contributed by atoms with Gasteiger partial charge in [-0.05, 0) is 30.5 Å². The second kappa shape index (κ2) is 2.30. The maximum Gasteiger partial charge on any atom is 0.0414 e. The van der Waals surface area contributed by atoms with Crippen molar-refractivity contribution in [2.24, 2.45) is 0 Å². The first-order valence-electron chi connectivity index (χ1n) is 4.72. The Morgan fingerprint density at radius 1 is 1.38 bits per heavy atom. The van der Waals surface area contributed by atoms with E-state index < -0.39 is 0 Å². The zero-order valence-corrected chi connectivity index (χ0v) is 9.26. The molecule has 1 fully saturated rings. The maximum absolute atomic E-state index is 3.52. The fraction of sp³-hybridized carbons (Fsp3) is 0.455. The molecule has 1 aromatic rings. The van der Waals surface area contributed by atoms with Gasteiger partial charge in [-0.3, -0.25) is 0 Å². The Hall–Kier alpha value is -0.500. The Morgan fingerprint density at radius 3 is 2.85 bits per heavy atom. The molecule has 1 saturated carbocycles. The predicted molar refractivity (Wildman–Crippen MR) is 58.3 cm³/mol. The van der Waals surface area contributed by atoms with Crippen molar-refractivity contribution in [1.82, 2.24) is 0 Å². The summed E-state index contributed by atoms with van der Waals surface area (Å²) in [5.74, 6) is 0. The van der Waals surface area contributed by atoms with Crippen LogP contribution in [0.15, 0.2) is 22.7 Å². The number of likely N-dealkylation sites (N-methyl/N-ethyl adjacent to an activating group) is 1. The van der Waals surface area contributed by atoms with Crippen LogP contribution in [0.3, 0.4) is 0 Å². The van der Waals surface area contributed by atoms with Crippen LogP contribution in [0.5, 0.6) is 0 Å². The van der Waals surface area contributed by atoms with E-state index in [0.717, 1.165) is 0 Å². The van der Waals surface area contributed by atoms with Crippen molar-refractivity contribution in [3.05, 3.63) is 28.2 Å². The minimum atomic E-state index is 0.546. The highest BCUT2D eigenvalue weighted by Gasteiger charge is 2.50. The standard InChI is InChI=1S/C11H12BrN/c1-13-7-11(4-5-11)9-3-2-8(12)6-10(9)13/h2-3,6H,4-5,7H2,1H3. The smallest absolute Gasteiger partial charge is 0.0414 e. The van der Waals surface area contributed by atoms with Crippen LogP contribution in [0.1, 0.15) is 18.4 Å². The highest BCUT2D eigenvalue weighted by molar-refractivity contribution is 9.10. The summed E-state index contributed by atoms with van der Waals surface area (Å²) in [6, 6.07) is 6.69. The summed E-state index contributed by atoms with van der Waals surface area (Å²) in [6.07, 6.45) is 2.76. The van der Waals surface area contributed by atoms with Gasteiger partial charge in [-0.25, -0.2) is 0 Å². The minimum absolute atomic E-state index is 0.546. The fourth-order valence-electron chi connectivity index (χ4n) is 2.47. The number of fused-ring (bicyclic) bond motifs is 2.